The summed E-state index contributed by atoms with van der Waals surface area (Å²) < 4.78 is 29.6. The number of fused-ring (bicyclic) bond motifs is 3. The topological polar surface area (TPSA) is 17.8 Å². The Labute approximate surface area is 213 Å². The molecule has 0 amide bonds. The van der Waals surface area contributed by atoms with Crippen LogP contribution in [0.1, 0.15) is 11.1 Å². The van der Waals surface area contributed by atoms with E-state index in [9.17, 15) is 8.78 Å². The second-order valence-electron chi connectivity index (χ2n) is 8.88. The third-order valence-electron chi connectivity index (χ3n) is 6.76. The highest BCUT2D eigenvalue weighted by Gasteiger charge is 2.17. The smallest absolute Gasteiger partial charge is 0.123 e. The molecule has 2 heterocycles. The van der Waals surface area contributed by atoms with E-state index in [1.54, 1.807) is 30.5 Å². The highest BCUT2D eigenvalue weighted by molar-refractivity contribution is 6.13. The van der Waals surface area contributed by atoms with Crippen LogP contribution in [0.3, 0.4) is 0 Å². The van der Waals surface area contributed by atoms with Crippen molar-refractivity contribution in [3.05, 3.63) is 133 Å². The van der Waals surface area contributed by atoms with Crippen molar-refractivity contribution in [2.45, 2.75) is 0 Å². The van der Waals surface area contributed by atoms with E-state index in [1.807, 2.05) is 36.5 Å². The van der Waals surface area contributed by atoms with Gasteiger partial charge < -0.3 is 4.57 Å². The van der Waals surface area contributed by atoms with Crippen LogP contribution in [-0.2, 0) is 0 Å². The van der Waals surface area contributed by atoms with E-state index in [4.69, 9.17) is 0 Å². The molecule has 6 rings (SSSR count). The summed E-state index contributed by atoms with van der Waals surface area (Å²) >= 11 is 0. The second-order valence-corrected chi connectivity index (χ2v) is 8.88. The van der Waals surface area contributed by atoms with E-state index in [1.165, 1.54) is 24.3 Å². The molecule has 0 bridgehead atoms. The lowest BCUT2D eigenvalue weighted by Gasteiger charge is -2.14. The van der Waals surface area contributed by atoms with Gasteiger partial charge in [-0.1, -0.05) is 55.6 Å². The molecular formula is C33H22F2N2. The average Bonchev–Trinajstić information content (AvgIpc) is 3.27. The molecule has 0 aliphatic carbocycles. The van der Waals surface area contributed by atoms with E-state index in [-0.39, 0.29) is 11.6 Å². The SMILES string of the molecule is C=Cc1ccc2c(c1C=C)c1cnccc1n2-c1cc(-c2ccc(F)cc2)cc(-c2ccc(F)cc2)c1. The molecule has 0 aliphatic heterocycles. The fourth-order valence-corrected chi connectivity index (χ4v) is 5.03. The minimum absolute atomic E-state index is 0.288. The largest absolute Gasteiger partial charge is 0.309 e. The van der Waals surface area contributed by atoms with E-state index in [0.29, 0.717) is 0 Å². The number of hydrogen-bond donors (Lipinski definition) is 0. The second kappa shape index (κ2) is 8.99. The van der Waals surface area contributed by atoms with Gasteiger partial charge in [-0.25, -0.2) is 8.78 Å². The Kier molecular flexibility index (Phi) is 5.50. The Morgan fingerprint density at radius 2 is 1.27 bits per heavy atom. The molecule has 0 fully saturated rings. The van der Waals surface area contributed by atoms with Gasteiger partial charge in [-0.05, 0) is 88.0 Å². The number of nitrogens with zero attached hydrogens (tertiary/aromatic N) is 2. The van der Waals surface area contributed by atoms with Gasteiger partial charge in [0.25, 0.3) is 0 Å². The Bertz CT molecular complexity index is 1750. The minimum Gasteiger partial charge on any atom is -0.309 e. The van der Waals surface area contributed by atoms with E-state index < -0.39 is 0 Å². The molecule has 0 aliphatic rings. The zero-order valence-corrected chi connectivity index (χ0v) is 20.0. The minimum atomic E-state index is -0.288. The maximum Gasteiger partial charge on any atom is 0.123 e. The molecule has 6 aromatic rings. The van der Waals surface area contributed by atoms with Crippen molar-refractivity contribution in [2.75, 3.05) is 0 Å². The number of hydrogen-bond acceptors (Lipinski definition) is 1. The van der Waals surface area contributed by atoms with Gasteiger partial charge in [0.2, 0.25) is 0 Å². The van der Waals surface area contributed by atoms with Gasteiger partial charge in [-0.15, -0.1) is 0 Å². The summed E-state index contributed by atoms with van der Waals surface area (Å²) in [5, 5.41) is 2.05. The molecule has 4 aromatic carbocycles. The van der Waals surface area contributed by atoms with Crippen molar-refractivity contribution < 1.29 is 8.78 Å². The molecule has 2 aromatic heterocycles. The maximum absolute atomic E-state index is 13.7. The first-order chi connectivity index (χ1) is 18.1. The van der Waals surface area contributed by atoms with Gasteiger partial charge in [0.15, 0.2) is 0 Å². The third kappa shape index (κ3) is 3.83. The number of benzene rings is 4. The highest BCUT2D eigenvalue weighted by atomic mass is 19.1. The van der Waals surface area contributed by atoms with Gasteiger partial charge in [0.1, 0.15) is 11.6 Å². The lowest BCUT2D eigenvalue weighted by Crippen LogP contribution is -1.96. The zero-order valence-electron chi connectivity index (χ0n) is 20.0. The van der Waals surface area contributed by atoms with Crippen molar-refractivity contribution >= 4 is 34.0 Å². The van der Waals surface area contributed by atoms with Crippen LogP contribution in [0.5, 0.6) is 0 Å². The summed E-state index contributed by atoms with van der Waals surface area (Å²) in [7, 11) is 0. The van der Waals surface area contributed by atoms with Crippen molar-refractivity contribution in [3.8, 4) is 27.9 Å². The summed E-state index contributed by atoms with van der Waals surface area (Å²) in [6, 6.07) is 25.3. The average molecular weight is 485 g/mol. The predicted molar refractivity (Wildman–Crippen MR) is 150 cm³/mol. The van der Waals surface area contributed by atoms with Crippen LogP contribution in [0.15, 0.2) is 110 Å². The maximum atomic E-state index is 13.7. The quantitative estimate of drug-likeness (QED) is 0.239. The highest BCUT2D eigenvalue weighted by Crippen LogP contribution is 2.38. The predicted octanol–water partition coefficient (Wildman–Crippen LogP) is 9.08. The van der Waals surface area contributed by atoms with Crippen molar-refractivity contribution in [3.63, 3.8) is 0 Å². The first kappa shape index (κ1) is 22.6. The number of halogens is 2. The van der Waals surface area contributed by atoms with Gasteiger partial charge in [-0.3, -0.25) is 4.98 Å². The van der Waals surface area contributed by atoms with Gasteiger partial charge in [0.05, 0.1) is 11.0 Å². The molecule has 0 spiro atoms. The van der Waals surface area contributed by atoms with E-state index in [2.05, 4.69) is 40.9 Å². The molecule has 0 N–H and O–H groups in total. The molecule has 178 valence electrons. The van der Waals surface area contributed by atoms with Crippen LogP contribution in [0, 0.1) is 11.6 Å². The molecule has 37 heavy (non-hydrogen) atoms. The van der Waals surface area contributed by atoms with Crippen LogP contribution in [0.4, 0.5) is 8.78 Å². The van der Waals surface area contributed by atoms with Crippen LogP contribution in [0.25, 0.3) is 61.9 Å². The Morgan fingerprint density at radius 1 is 0.649 bits per heavy atom. The van der Waals surface area contributed by atoms with Crippen molar-refractivity contribution in [1.29, 1.82) is 0 Å². The normalized spacial score (nSPS) is 11.2. The fraction of sp³-hybridized carbons (Fsp3) is 0. The summed E-state index contributed by atoms with van der Waals surface area (Å²) in [5.74, 6) is -0.577. The Morgan fingerprint density at radius 3 is 1.84 bits per heavy atom. The summed E-state index contributed by atoms with van der Waals surface area (Å²) in [6.07, 6.45) is 7.34. The van der Waals surface area contributed by atoms with E-state index >= 15 is 0 Å². The molecule has 4 heteroatoms. The van der Waals surface area contributed by atoms with Crippen LogP contribution >= 0.6 is 0 Å². The van der Waals surface area contributed by atoms with Crippen LogP contribution < -0.4 is 0 Å². The standard InChI is InChI=1S/C33H22F2N2/c1-3-21-9-14-32-33(29(21)4-2)30-20-36-16-15-31(30)37(32)28-18-24(22-5-10-26(34)11-6-22)17-25(19-28)23-7-12-27(35)13-8-23/h3-20H,1-2H2. The molecule has 0 saturated carbocycles. The summed E-state index contributed by atoms with van der Waals surface area (Å²) in [4.78, 5) is 4.40. The monoisotopic (exact) mass is 484 g/mol. The van der Waals surface area contributed by atoms with E-state index in [0.717, 1.165) is 60.9 Å². The Balaban J connectivity index is 1.70. The summed E-state index contributed by atoms with van der Waals surface area (Å²) in [5.41, 5.74) is 8.54. The molecule has 0 unspecified atom stereocenters. The third-order valence-corrected chi connectivity index (χ3v) is 6.76. The number of pyridine rings is 1. The molecule has 0 atom stereocenters. The van der Waals surface area contributed by atoms with Crippen molar-refractivity contribution in [2.24, 2.45) is 0 Å². The molecule has 0 radical (unpaired) electrons. The number of rotatable bonds is 5. The number of aromatic nitrogens is 2. The summed E-state index contributed by atoms with van der Waals surface area (Å²) in [6.45, 7) is 8.03. The van der Waals surface area contributed by atoms with Gasteiger partial charge >= 0.3 is 0 Å². The first-order valence-electron chi connectivity index (χ1n) is 11.9. The lowest BCUT2D eigenvalue weighted by molar-refractivity contribution is 0.627. The van der Waals surface area contributed by atoms with Crippen molar-refractivity contribution in [1.82, 2.24) is 9.55 Å². The Hall–Kier alpha value is -4.83. The molecule has 0 saturated heterocycles. The van der Waals surface area contributed by atoms with Gasteiger partial charge in [0, 0.05) is 28.9 Å². The van der Waals surface area contributed by atoms with Crippen LogP contribution in [-0.4, -0.2) is 9.55 Å². The zero-order chi connectivity index (χ0) is 25.5. The first-order valence-corrected chi connectivity index (χ1v) is 11.9. The molecule has 2 nitrogen and oxygen atoms in total. The lowest BCUT2D eigenvalue weighted by atomic mass is 9.97. The van der Waals surface area contributed by atoms with Gasteiger partial charge in [-0.2, -0.15) is 0 Å². The fourth-order valence-electron chi connectivity index (χ4n) is 5.03. The van der Waals surface area contributed by atoms with Crippen LogP contribution in [0.2, 0.25) is 0 Å². The molecular weight excluding hydrogens is 462 g/mol.